The Morgan fingerprint density at radius 3 is 2.50 bits per heavy atom. The van der Waals surface area contributed by atoms with E-state index in [0.717, 1.165) is 12.8 Å². The van der Waals surface area contributed by atoms with Gasteiger partial charge < -0.3 is 19.5 Å². The molecule has 9 heteroatoms. The highest BCUT2D eigenvalue weighted by atomic mass is 32.2. The second-order valence-corrected chi connectivity index (χ2v) is 9.30. The fraction of sp³-hybridized carbons (Fsp3) is 0.381. The molecule has 0 bridgehead atoms. The first-order valence-corrected chi connectivity index (χ1v) is 11.3. The van der Waals surface area contributed by atoms with Crippen molar-refractivity contribution >= 4 is 21.6 Å². The number of rotatable bonds is 6. The molecule has 1 amide bonds. The molecule has 2 aliphatic heterocycles. The highest BCUT2D eigenvalue weighted by Crippen LogP contribution is 2.32. The number of sulfonamides is 1. The molecular formula is C21H24N2O6S. The zero-order chi connectivity index (χ0) is 21.1. The molecule has 0 aromatic heterocycles. The summed E-state index contributed by atoms with van der Waals surface area (Å²) in [6.45, 7) is 1.94. The summed E-state index contributed by atoms with van der Waals surface area (Å²) >= 11 is 0. The van der Waals surface area contributed by atoms with Crippen molar-refractivity contribution < 1.29 is 27.4 Å². The number of hydrogen-bond acceptors (Lipinski definition) is 6. The molecule has 2 aromatic rings. The zero-order valence-corrected chi connectivity index (χ0v) is 17.5. The van der Waals surface area contributed by atoms with Gasteiger partial charge in [0.05, 0.1) is 11.0 Å². The van der Waals surface area contributed by atoms with E-state index in [-0.39, 0.29) is 16.9 Å². The van der Waals surface area contributed by atoms with Crippen LogP contribution < -0.4 is 14.8 Å². The Labute approximate surface area is 175 Å². The lowest BCUT2D eigenvalue weighted by Gasteiger charge is -2.20. The summed E-state index contributed by atoms with van der Waals surface area (Å²) in [5.74, 6) is 0.874. The van der Waals surface area contributed by atoms with Crippen LogP contribution in [0.15, 0.2) is 47.4 Å². The number of anilines is 1. The summed E-state index contributed by atoms with van der Waals surface area (Å²) in [6.07, 6.45) is 1.74. The van der Waals surface area contributed by atoms with Crippen molar-refractivity contribution in [1.82, 2.24) is 4.31 Å². The van der Waals surface area contributed by atoms with Crippen LogP contribution >= 0.6 is 0 Å². The first-order chi connectivity index (χ1) is 14.4. The van der Waals surface area contributed by atoms with Crippen LogP contribution in [-0.4, -0.2) is 58.1 Å². The molecule has 1 unspecified atom stereocenters. The maximum atomic E-state index is 12.8. The first kappa shape index (κ1) is 20.6. The van der Waals surface area contributed by atoms with Gasteiger partial charge in [-0.2, -0.15) is 4.31 Å². The molecule has 2 aliphatic rings. The summed E-state index contributed by atoms with van der Waals surface area (Å²) in [5, 5.41) is 2.79. The van der Waals surface area contributed by atoms with E-state index in [9.17, 15) is 13.2 Å². The molecule has 1 saturated heterocycles. The van der Waals surface area contributed by atoms with Gasteiger partial charge in [-0.3, -0.25) is 4.79 Å². The molecular weight excluding hydrogens is 408 g/mol. The Morgan fingerprint density at radius 2 is 1.80 bits per heavy atom. The molecule has 1 atom stereocenters. The molecule has 2 heterocycles. The Balaban J connectivity index is 1.43. The number of ether oxygens (including phenoxy) is 3. The second-order valence-electron chi connectivity index (χ2n) is 7.26. The third-order valence-electron chi connectivity index (χ3n) is 5.11. The molecule has 4 rings (SSSR count). The third-order valence-corrected chi connectivity index (χ3v) is 6.95. The van der Waals surface area contributed by atoms with Crippen molar-refractivity contribution in [3.8, 4) is 11.5 Å². The summed E-state index contributed by atoms with van der Waals surface area (Å²) < 4.78 is 43.4. The minimum atomic E-state index is -3.65. The van der Waals surface area contributed by atoms with E-state index >= 15 is 0 Å². The normalized spacial score (nSPS) is 18.4. The highest BCUT2D eigenvalue weighted by Gasteiger charge is 2.26. The molecule has 0 radical (unpaired) electrons. The van der Waals surface area contributed by atoms with Crippen LogP contribution in [0.25, 0.3) is 0 Å². The number of amides is 1. The van der Waals surface area contributed by atoms with Crippen LogP contribution in [0.4, 0.5) is 5.69 Å². The van der Waals surface area contributed by atoms with Crippen molar-refractivity contribution in [2.75, 3.05) is 38.7 Å². The average Bonchev–Trinajstić information content (AvgIpc) is 3.27. The Bertz CT molecular complexity index is 1020. The van der Waals surface area contributed by atoms with Crippen LogP contribution in [0.2, 0.25) is 0 Å². The van der Waals surface area contributed by atoms with Crippen LogP contribution in [0, 0.1) is 0 Å². The van der Waals surface area contributed by atoms with Gasteiger partial charge in [0, 0.05) is 37.5 Å². The van der Waals surface area contributed by atoms with E-state index in [1.807, 2.05) is 0 Å². The molecule has 2 aromatic carbocycles. The third kappa shape index (κ3) is 4.43. The van der Waals surface area contributed by atoms with E-state index in [1.165, 1.54) is 28.6 Å². The standard InChI is InChI=1S/C21H24N2O6S/c1-23(14-17-3-2-10-27-17)30(25,26)18-7-4-15(5-8-18)21(24)22-16-6-9-19-20(13-16)29-12-11-28-19/h4-9,13,17H,2-3,10-12,14H2,1H3,(H,22,24). The Morgan fingerprint density at radius 1 is 1.07 bits per heavy atom. The molecule has 30 heavy (non-hydrogen) atoms. The Kier molecular flexibility index (Phi) is 5.94. The van der Waals surface area contributed by atoms with Crippen molar-refractivity contribution in [1.29, 1.82) is 0 Å². The summed E-state index contributed by atoms with van der Waals surface area (Å²) in [6, 6.07) is 11.1. The quantitative estimate of drug-likeness (QED) is 0.754. The number of likely N-dealkylation sites (N-methyl/N-ethyl adjacent to an activating group) is 1. The molecule has 0 spiro atoms. The lowest BCUT2D eigenvalue weighted by molar-refractivity contribution is 0.0979. The van der Waals surface area contributed by atoms with E-state index < -0.39 is 10.0 Å². The molecule has 160 valence electrons. The lowest BCUT2D eigenvalue weighted by Crippen LogP contribution is -2.34. The van der Waals surface area contributed by atoms with Gasteiger partial charge in [0.25, 0.3) is 5.91 Å². The van der Waals surface area contributed by atoms with Gasteiger partial charge in [0.15, 0.2) is 11.5 Å². The van der Waals surface area contributed by atoms with Crippen molar-refractivity contribution in [2.45, 2.75) is 23.8 Å². The molecule has 1 N–H and O–H groups in total. The summed E-state index contributed by atoms with van der Waals surface area (Å²) in [5.41, 5.74) is 0.919. The van der Waals surface area contributed by atoms with E-state index in [1.54, 1.807) is 25.2 Å². The zero-order valence-electron chi connectivity index (χ0n) is 16.7. The maximum absolute atomic E-state index is 12.8. The van der Waals surface area contributed by atoms with Crippen LogP contribution in [0.3, 0.4) is 0 Å². The predicted octanol–water partition coefficient (Wildman–Crippen LogP) is 2.51. The molecule has 0 aliphatic carbocycles. The minimum absolute atomic E-state index is 0.0687. The minimum Gasteiger partial charge on any atom is -0.486 e. The van der Waals surface area contributed by atoms with Gasteiger partial charge in [-0.25, -0.2) is 8.42 Å². The van der Waals surface area contributed by atoms with Gasteiger partial charge in [-0.05, 0) is 49.2 Å². The predicted molar refractivity (Wildman–Crippen MR) is 111 cm³/mol. The van der Waals surface area contributed by atoms with Crippen LogP contribution in [0.5, 0.6) is 11.5 Å². The van der Waals surface area contributed by atoms with Gasteiger partial charge in [0.1, 0.15) is 13.2 Å². The van der Waals surface area contributed by atoms with E-state index in [4.69, 9.17) is 14.2 Å². The fourth-order valence-electron chi connectivity index (χ4n) is 3.46. The number of carbonyl (C=O) groups is 1. The van der Waals surface area contributed by atoms with E-state index in [0.29, 0.717) is 49.1 Å². The fourth-order valence-corrected chi connectivity index (χ4v) is 4.66. The number of fused-ring (bicyclic) bond motifs is 1. The number of nitrogens with one attached hydrogen (secondary N) is 1. The average molecular weight is 432 g/mol. The Hall–Kier alpha value is -2.62. The largest absolute Gasteiger partial charge is 0.486 e. The first-order valence-electron chi connectivity index (χ1n) is 9.82. The van der Waals surface area contributed by atoms with E-state index in [2.05, 4.69) is 5.32 Å². The second kappa shape index (κ2) is 8.63. The number of benzene rings is 2. The molecule has 1 fully saturated rings. The number of nitrogens with zero attached hydrogens (tertiary/aromatic N) is 1. The van der Waals surface area contributed by atoms with Crippen molar-refractivity contribution in [3.05, 3.63) is 48.0 Å². The molecule has 0 saturated carbocycles. The van der Waals surface area contributed by atoms with Crippen LogP contribution in [0.1, 0.15) is 23.2 Å². The van der Waals surface area contributed by atoms with Gasteiger partial charge in [-0.1, -0.05) is 0 Å². The van der Waals surface area contributed by atoms with Gasteiger partial charge >= 0.3 is 0 Å². The van der Waals surface area contributed by atoms with Gasteiger partial charge in [0.2, 0.25) is 10.0 Å². The van der Waals surface area contributed by atoms with Crippen molar-refractivity contribution in [3.63, 3.8) is 0 Å². The van der Waals surface area contributed by atoms with Gasteiger partial charge in [-0.15, -0.1) is 0 Å². The smallest absolute Gasteiger partial charge is 0.255 e. The lowest BCUT2D eigenvalue weighted by atomic mass is 10.2. The molecule has 8 nitrogen and oxygen atoms in total. The summed E-state index contributed by atoms with van der Waals surface area (Å²) in [4.78, 5) is 12.7. The maximum Gasteiger partial charge on any atom is 0.255 e. The highest BCUT2D eigenvalue weighted by molar-refractivity contribution is 7.89. The monoisotopic (exact) mass is 432 g/mol. The van der Waals surface area contributed by atoms with Crippen molar-refractivity contribution in [2.24, 2.45) is 0 Å². The SMILES string of the molecule is CN(CC1CCCO1)S(=O)(=O)c1ccc(C(=O)Nc2ccc3c(c2)OCCO3)cc1. The number of hydrogen-bond donors (Lipinski definition) is 1. The topological polar surface area (TPSA) is 94.2 Å². The summed E-state index contributed by atoms with van der Waals surface area (Å²) in [7, 11) is -2.11. The number of carbonyl (C=O) groups excluding carboxylic acids is 1. The van der Waals surface area contributed by atoms with Crippen LogP contribution in [-0.2, 0) is 14.8 Å².